The summed E-state index contributed by atoms with van der Waals surface area (Å²) >= 11 is 0. The molecular formula is C61H40N4. The Morgan fingerprint density at radius 2 is 0.785 bits per heavy atom. The van der Waals surface area contributed by atoms with Crippen molar-refractivity contribution in [3.05, 3.63) is 223 Å². The van der Waals surface area contributed by atoms with E-state index < -0.39 is 0 Å². The first kappa shape index (κ1) is 38.2. The zero-order valence-electron chi connectivity index (χ0n) is 35.9. The van der Waals surface area contributed by atoms with Gasteiger partial charge in [-0.1, -0.05) is 184 Å². The molecule has 0 radical (unpaired) electrons. The molecule has 0 N–H and O–H groups in total. The monoisotopic (exact) mass is 828 g/mol. The van der Waals surface area contributed by atoms with Crippen LogP contribution in [0.3, 0.4) is 0 Å². The van der Waals surface area contributed by atoms with E-state index in [1.54, 1.807) is 0 Å². The van der Waals surface area contributed by atoms with Gasteiger partial charge in [0, 0.05) is 22.1 Å². The van der Waals surface area contributed by atoms with Crippen LogP contribution in [0, 0.1) is 11.3 Å². The highest BCUT2D eigenvalue weighted by Crippen LogP contribution is 2.49. The van der Waals surface area contributed by atoms with Gasteiger partial charge in [0.2, 0.25) is 0 Å². The molecule has 0 unspecified atom stereocenters. The summed E-state index contributed by atoms with van der Waals surface area (Å²) in [5.41, 5.74) is 15.3. The zero-order chi connectivity index (χ0) is 43.6. The molecule has 1 aromatic heterocycles. The Labute approximate surface area is 377 Å². The Kier molecular flexibility index (Phi) is 8.86. The third-order valence-corrected chi connectivity index (χ3v) is 13.4. The van der Waals surface area contributed by atoms with E-state index in [4.69, 9.17) is 15.0 Å². The second kappa shape index (κ2) is 15.1. The van der Waals surface area contributed by atoms with Crippen LogP contribution in [0.15, 0.2) is 206 Å². The van der Waals surface area contributed by atoms with E-state index in [0.29, 0.717) is 23.0 Å². The molecule has 1 heterocycles. The summed E-state index contributed by atoms with van der Waals surface area (Å²) in [6.45, 7) is 4.61. The van der Waals surface area contributed by atoms with Crippen LogP contribution in [-0.2, 0) is 5.41 Å². The first-order valence-electron chi connectivity index (χ1n) is 22.1. The van der Waals surface area contributed by atoms with Gasteiger partial charge in [0.25, 0.3) is 0 Å². The molecule has 11 aromatic rings. The Hall–Kier alpha value is -8.52. The van der Waals surface area contributed by atoms with Crippen LogP contribution >= 0.6 is 0 Å². The van der Waals surface area contributed by atoms with Crippen molar-refractivity contribution in [3.8, 4) is 84.7 Å². The van der Waals surface area contributed by atoms with Gasteiger partial charge in [-0.05, 0) is 124 Å². The number of fused-ring (bicyclic) bond motifs is 8. The van der Waals surface area contributed by atoms with E-state index in [0.717, 1.165) is 44.5 Å². The van der Waals surface area contributed by atoms with E-state index in [2.05, 4.69) is 184 Å². The molecule has 65 heavy (non-hydrogen) atoms. The number of nitriles is 1. The minimum absolute atomic E-state index is 0.149. The minimum atomic E-state index is -0.149. The molecular weight excluding hydrogens is 789 g/mol. The standard InChI is InChI=1S/C61H40N4/c1-61(2)56-22-11-10-21-50(56)51-32-31-45(34-57(51)61)60-64-58(42-13-4-3-5-14-42)63-59(65-60)44-16-12-15-43(33-44)53-36-55-48-19-8-6-17-46(48)52(35-54(55)49-20-9-7-18-47(49)53)41-29-27-40(28-30-41)39-25-23-38(37-62)24-26-39/h3-36H,1-2H3. The van der Waals surface area contributed by atoms with Crippen LogP contribution in [-0.4, -0.2) is 15.0 Å². The predicted molar refractivity (Wildman–Crippen MR) is 267 cm³/mol. The quantitative estimate of drug-likeness (QED) is 0.157. The van der Waals surface area contributed by atoms with Crippen LogP contribution in [0.5, 0.6) is 0 Å². The SMILES string of the molecule is CC1(C)c2ccccc2-c2ccc(-c3nc(-c4ccccc4)nc(-c4cccc(-c5cc6c7ccccc7c(-c7ccc(-c8ccc(C#N)cc8)cc7)cc6c6ccccc56)c4)n3)cc21. The Morgan fingerprint density at radius 3 is 1.43 bits per heavy atom. The van der Waals surface area contributed by atoms with Crippen molar-refractivity contribution in [1.29, 1.82) is 5.26 Å². The summed E-state index contributed by atoms with van der Waals surface area (Å²) in [6.07, 6.45) is 0. The summed E-state index contributed by atoms with van der Waals surface area (Å²) < 4.78 is 0. The van der Waals surface area contributed by atoms with Crippen molar-refractivity contribution < 1.29 is 0 Å². The largest absolute Gasteiger partial charge is 0.208 e. The van der Waals surface area contributed by atoms with Crippen molar-refractivity contribution in [2.75, 3.05) is 0 Å². The molecule has 0 fully saturated rings. The molecule has 1 aliphatic rings. The molecule has 0 atom stereocenters. The van der Waals surface area contributed by atoms with Crippen LogP contribution < -0.4 is 0 Å². The van der Waals surface area contributed by atoms with Gasteiger partial charge in [0.1, 0.15) is 0 Å². The van der Waals surface area contributed by atoms with Gasteiger partial charge < -0.3 is 0 Å². The molecule has 12 rings (SSSR count). The number of hydrogen-bond donors (Lipinski definition) is 0. The summed E-state index contributed by atoms with van der Waals surface area (Å²) in [5, 5.41) is 16.5. The molecule has 4 nitrogen and oxygen atoms in total. The molecule has 10 aromatic carbocycles. The molecule has 0 saturated carbocycles. The molecule has 0 amide bonds. The Balaban J connectivity index is 0.987. The molecule has 0 aliphatic heterocycles. The molecule has 0 spiro atoms. The average molecular weight is 829 g/mol. The molecule has 0 saturated heterocycles. The zero-order valence-corrected chi connectivity index (χ0v) is 35.9. The third kappa shape index (κ3) is 6.40. The Morgan fingerprint density at radius 1 is 0.323 bits per heavy atom. The minimum Gasteiger partial charge on any atom is -0.208 e. The number of nitrogens with zero attached hydrogens (tertiary/aromatic N) is 4. The van der Waals surface area contributed by atoms with E-state index in [1.807, 2.05) is 42.5 Å². The lowest BCUT2D eigenvalue weighted by atomic mass is 9.82. The van der Waals surface area contributed by atoms with E-state index in [9.17, 15) is 5.26 Å². The van der Waals surface area contributed by atoms with E-state index in [1.165, 1.54) is 60.1 Å². The smallest absolute Gasteiger partial charge is 0.164 e. The van der Waals surface area contributed by atoms with Gasteiger partial charge >= 0.3 is 0 Å². The fraction of sp³-hybridized carbons (Fsp3) is 0.0492. The normalized spacial score (nSPS) is 12.6. The highest BCUT2D eigenvalue weighted by Gasteiger charge is 2.35. The average Bonchev–Trinajstić information content (AvgIpc) is 3.61. The van der Waals surface area contributed by atoms with Crippen LogP contribution in [0.25, 0.3) is 111 Å². The second-order valence-corrected chi connectivity index (χ2v) is 17.5. The summed E-state index contributed by atoms with van der Waals surface area (Å²) in [4.78, 5) is 15.5. The third-order valence-electron chi connectivity index (χ3n) is 13.4. The summed E-state index contributed by atoms with van der Waals surface area (Å²) in [6, 6.07) is 75.2. The summed E-state index contributed by atoms with van der Waals surface area (Å²) in [5.74, 6) is 1.92. The number of rotatable bonds is 6. The molecule has 0 bridgehead atoms. The fourth-order valence-electron chi connectivity index (χ4n) is 10.0. The van der Waals surface area contributed by atoms with Gasteiger partial charge in [0.15, 0.2) is 17.5 Å². The molecule has 304 valence electrons. The van der Waals surface area contributed by atoms with Crippen molar-refractivity contribution in [1.82, 2.24) is 15.0 Å². The lowest BCUT2D eigenvalue weighted by Crippen LogP contribution is -2.15. The maximum Gasteiger partial charge on any atom is 0.164 e. The van der Waals surface area contributed by atoms with E-state index >= 15 is 0 Å². The Bertz CT molecular complexity index is 3730. The molecule has 1 aliphatic carbocycles. The van der Waals surface area contributed by atoms with Crippen LogP contribution in [0.1, 0.15) is 30.5 Å². The van der Waals surface area contributed by atoms with Crippen molar-refractivity contribution in [2.24, 2.45) is 0 Å². The number of aromatic nitrogens is 3. The second-order valence-electron chi connectivity index (χ2n) is 17.5. The maximum atomic E-state index is 9.29. The van der Waals surface area contributed by atoms with E-state index in [-0.39, 0.29) is 5.41 Å². The van der Waals surface area contributed by atoms with Gasteiger partial charge in [-0.3, -0.25) is 0 Å². The highest BCUT2D eigenvalue weighted by atomic mass is 15.0. The maximum absolute atomic E-state index is 9.29. The lowest BCUT2D eigenvalue weighted by molar-refractivity contribution is 0.660. The first-order chi connectivity index (χ1) is 31.9. The van der Waals surface area contributed by atoms with Crippen molar-refractivity contribution in [2.45, 2.75) is 19.3 Å². The lowest BCUT2D eigenvalue weighted by Gasteiger charge is -2.21. The fourth-order valence-corrected chi connectivity index (χ4v) is 10.0. The van der Waals surface area contributed by atoms with Crippen LogP contribution in [0.4, 0.5) is 0 Å². The van der Waals surface area contributed by atoms with Crippen molar-refractivity contribution in [3.63, 3.8) is 0 Å². The molecule has 4 heteroatoms. The van der Waals surface area contributed by atoms with Gasteiger partial charge in [-0.2, -0.15) is 5.26 Å². The number of benzene rings is 10. The number of hydrogen-bond acceptors (Lipinski definition) is 4. The van der Waals surface area contributed by atoms with Crippen LogP contribution in [0.2, 0.25) is 0 Å². The summed E-state index contributed by atoms with van der Waals surface area (Å²) in [7, 11) is 0. The highest BCUT2D eigenvalue weighted by molar-refractivity contribution is 6.24. The van der Waals surface area contributed by atoms with Gasteiger partial charge in [-0.15, -0.1) is 0 Å². The topological polar surface area (TPSA) is 62.5 Å². The first-order valence-corrected chi connectivity index (χ1v) is 22.1. The predicted octanol–water partition coefficient (Wildman–Crippen LogP) is 15.5. The van der Waals surface area contributed by atoms with Gasteiger partial charge in [-0.25, -0.2) is 15.0 Å². The van der Waals surface area contributed by atoms with Gasteiger partial charge in [0.05, 0.1) is 11.6 Å². The van der Waals surface area contributed by atoms with Crippen molar-refractivity contribution >= 4 is 32.3 Å².